The zero-order chi connectivity index (χ0) is 21.9. The molecule has 3 aliphatic heterocycles. The zero-order valence-electron chi connectivity index (χ0n) is 16.4. The lowest BCUT2D eigenvalue weighted by Gasteiger charge is -2.34. The molecule has 5 rings (SSSR count). The normalized spacial score (nSPS) is 23.9. The first-order chi connectivity index (χ1) is 14.9. The lowest BCUT2D eigenvalue weighted by molar-refractivity contribution is -0.121. The smallest absolute Gasteiger partial charge is 0.410 e. The number of imide groups is 1. The lowest BCUT2D eigenvalue weighted by atomic mass is 10.1. The molecule has 3 fully saturated rings. The van der Waals surface area contributed by atoms with Crippen molar-refractivity contribution in [1.82, 2.24) is 14.8 Å². The van der Waals surface area contributed by atoms with Gasteiger partial charge < -0.3 is 14.5 Å². The van der Waals surface area contributed by atoms with E-state index < -0.39 is 35.9 Å². The molecule has 0 saturated carbocycles. The van der Waals surface area contributed by atoms with Crippen molar-refractivity contribution in [3.63, 3.8) is 0 Å². The summed E-state index contributed by atoms with van der Waals surface area (Å²) in [5.74, 6) is -0.693. The Kier molecular flexibility index (Phi) is 4.15. The van der Waals surface area contributed by atoms with Crippen LogP contribution in [0.2, 0.25) is 0 Å². The SMILES string of the molecule is Cc1cc(N2C(=O)[C@@H]3C4CC(CN4C(=O)Oc4ccc(F)cc4)N3C2=O)cnc1C#N. The summed E-state index contributed by atoms with van der Waals surface area (Å²) in [5, 5.41) is 9.05. The molecule has 0 spiro atoms. The number of likely N-dealkylation sites (tertiary alicyclic amines) is 1. The second-order valence-electron chi connectivity index (χ2n) is 7.71. The van der Waals surface area contributed by atoms with E-state index in [9.17, 15) is 18.8 Å². The third kappa shape index (κ3) is 2.81. The highest BCUT2D eigenvalue weighted by atomic mass is 19.1. The van der Waals surface area contributed by atoms with E-state index in [1.165, 1.54) is 40.3 Å². The molecule has 2 bridgehead atoms. The van der Waals surface area contributed by atoms with E-state index in [-0.39, 0.29) is 24.0 Å². The number of piperazine rings is 1. The van der Waals surface area contributed by atoms with Gasteiger partial charge in [0.15, 0.2) is 0 Å². The Morgan fingerprint density at radius 2 is 2.03 bits per heavy atom. The maximum Gasteiger partial charge on any atom is 0.415 e. The number of anilines is 1. The van der Waals surface area contributed by atoms with Gasteiger partial charge in [0, 0.05) is 6.54 Å². The van der Waals surface area contributed by atoms with E-state index in [4.69, 9.17) is 10.00 Å². The van der Waals surface area contributed by atoms with Gasteiger partial charge in [-0.15, -0.1) is 0 Å². The molecule has 10 heteroatoms. The molecule has 3 saturated heterocycles. The first kappa shape index (κ1) is 19.0. The largest absolute Gasteiger partial charge is 0.415 e. The first-order valence-corrected chi connectivity index (χ1v) is 9.66. The van der Waals surface area contributed by atoms with Crippen LogP contribution in [0.1, 0.15) is 17.7 Å². The topological polar surface area (TPSA) is 107 Å². The highest BCUT2D eigenvalue weighted by molar-refractivity contribution is 6.22. The quantitative estimate of drug-likeness (QED) is 0.688. The summed E-state index contributed by atoms with van der Waals surface area (Å²) in [6.45, 7) is 1.93. The molecule has 3 atom stereocenters. The van der Waals surface area contributed by atoms with Crippen molar-refractivity contribution in [2.45, 2.75) is 31.5 Å². The number of aromatic nitrogens is 1. The van der Waals surface area contributed by atoms with E-state index in [0.717, 1.165) is 4.90 Å². The number of amides is 4. The number of pyridine rings is 1. The zero-order valence-corrected chi connectivity index (χ0v) is 16.4. The van der Waals surface area contributed by atoms with Crippen LogP contribution >= 0.6 is 0 Å². The number of carbonyl (C=O) groups is 3. The van der Waals surface area contributed by atoms with Crippen LogP contribution in [-0.2, 0) is 4.79 Å². The Morgan fingerprint density at radius 3 is 2.71 bits per heavy atom. The third-order valence-corrected chi connectivity index (χ3v) is 5.95. The number of nitrogens with zero attached hydrogens (tertiary/aromatic N) is 5. The van der Waals surface area contributed by atoms with Gasteiger partial charge in [0.2, 0.25) is 0 Å². The molecule has 156 valence electrons. The maximum absolute atomic E-state index is 13.2. The van der Waals surface area contributed by atoms with Crippen LogP contribution in [0.25, 0.3) is 0 Å². The van der Waals surface area contributed by atoms with Crippen molar-refractivity contribution in [1.29, 1.82) is 5.26 Å². The van der Waals surface area contributed by atoms with Crippen LogP contribution < -0.4 is 9.64 Å². The fourth-order valence-electron chi connectivity index (χ4n) is 4.57. The molecule has 4 heterocycles. The molecule has 1 aromatic heterocycles. The molecule has 4 amide bonds. The lowest BCUT2D eigenvalue weighted by Crippen LogP contribution is -2.55. The number of benzene rings is 1. The number of fused-ring (bicyclic) bond motifs is 5. The van der Waals surface area contributed by atoms with Gasteiger partial charge in [-0.25, -0.2) is 23.9 Å². The first-order valence-electron chi connectivity index (χ1n) is 9.66. The number of nitriles is 1. The molecule has 0 N–H and O–H groups in total. The van der Waals surface area contributed by atoms with Crippen molar-refractivity contribution in [2.24, 2.45) is 0 Å². The summed E-state index contributed by atoms with van der Waals surface area (Å²) < 4.78 is 18.4. The molecule has 9 nitrogen and oxygen atoms in total. The predicted molar refractivity (Wildman–Crippen MR) is 104 cm³/mol. The van der Waals surface area contributed by atoms with Gasteiger partial charge in [0.25, 0.3) is 5.91 Å². The summed E-state index contributed by atoms with van der Waals surface area (Å²) >= 11 is 0. The van der Waals surface area contributed by atoms with Crippen molar-refractivity contribution >= 4 is 23.7 Å². The van der Waals surface area contributed by atoms with E-state index in [2.05, 4.69) is 4.98 Å². The summed E-state index contributed by atoms with van der Waals surface area (Å²) in [5.41, 5.74) is 1.07. The number of hydrogen-bond acceptors (Lipinski definition) is 6. The van der Waals surface area contributed by atoms with Crippen molar-refractivity contribution in [2.75, 3.05) is 11.4 Å². The minimum Gasteiger partial charge on any atom is -0.410 e. The number of urea groups is 1. The molecule has 3 aliphatic rings. The van der Waals surface area contributed by atoms with Gasteiger partial charge in [-0.1, -0.05) is 0 Å². The van der Waals surface area contributed by atoms with E-state index in [1.54, 1.807) is 13.0 Å². The molecular formula is C21H16FN5O4. The number of ether oxygens (including phenoxy) is 1. The van der Waals surface area contributed by atoms with Crippen molar-refractivity contribution in [3.8, 4) is 11.8 Å². The Morgan fingerprint density at radius 1 is 1.29 bits per heavy atom. The van der Waals surface area contributed by atoms with Crippen LogP contribution in [-0.4, -0.2) is 57.5 Å². The van der Waals surface area contributed by atoms with Gasteiger partial charge in [-0.3, -0.25) is 4.79 Å². The highest BCUT2D eigenvalue weighted by Gasteiger charge is 2.63. The Bertz CT molecular complexity index is 1160. The van der Waals surface area contributed by atoms with Gasteiger partial charge in [0.05, 0.1) is 24.0 Å². The molecule has 0 aliphatic carbocycles. The fourth-order valence-corrected chi connectivity index (χ4v) is 4.57. The fraction of sp³-hybridized carbons (Fsp3) is 0.286. The van der Waals surface area contributed by atoms with Crippen molar-refractivity contribution < 1.29 is 23.5 Å². The number of carbonyl (C=O) groups excluding carboxylic acids is 3. The number of rotatable bonds is 2. The monoisotopic (exact) mass is 421 g/mol. The predicted octanol–water partition coefficient (Wildman–Crippen LogP) is 2.19. The van der Waals surface area contributed by atoms with Crippen LogP contribution in [0.5, 0.6) is 5.75 Å². The summed E-state index contributed by atoms with van der Waals surface area (Å²) in [7, 11) is 0. The Labute approximate surface area is 176 Å². The average Bonchev–Trinajstić information content (AvgIpc) is 3.41. The summed E-state index contributed by atoms with van der Waals surface area (Å²) in [6.07, 6.45) is 1.17. The Hall–Kier alpha value is -4.00. The molecule has 1 aromatic carbocycles. The van der Waals surface area contributed by atoms with E-state index in [1.807, 2.05) is 6.07 Å². The third-order valence-electron chi connectivity index (χ3n) is 5.95. The minimum absolute atomic E-state index is 0.195. The van der Waals surface area contributed by atoms with Crippen molar-refractivity contribution in [3.05, 3.63) is 53.6 Å². The van der Waals surface area contributed by atoms with Crippen LogP contribution in [0.3, 0.4) is 0 Å². The number of hydrogen-bond donors (Lipinski definition) is 0. The molecular weight excluding hydrogens is 405 g/mol. The Balaban J connectivity index is 1.38. The van der Waals surface area contributed by atoms with Gasteiger partial charge in [0.1, 0.15) is 29.4 Å². The number of aryl methyl sites for hydroxylation is 1. The summed E-state index contributed by atoms with van der Waals surface area (Å²) in [6, 6.07) is 6.52. The standard InChI is InChI=1S/C21H16FN5O4/c1-11-6-13(9-24-16(11)8-23)27-19(28)18-17-7-14(26(18)20(27)29)10-25(17)21(30)31-15-4-2-12(22)3-5-15/h2-6,9,14,17-18H,7,10H2,1H3/t14?,17?,18-/m0/s1. The maximum atomic E-state index is 13.2. The minimum atomic E-state index is -0.803. The highest BCUT2D eigenvalue weighted by Crippen LogP contribution is 2.42. The number of halogens is 1. The van der Waals surface area contributed by atoms with Crippen LogP contribution in [0.15, 0.2) is 36.5 Å². The molecule has 2 unspecified atom stereocenters. The molecule has 31 heavy (non-hydrogen) atoms. The van der Waals surface area contributed by atoms with Crippen LogP contribution in [0.4, 0.5) is 19.7 Å². The van der Waals surface area contributed by atoms with Gasteiger partial charge >= 0.3 is 12.1 Å². The van der Waals surface area contributed by atoms with E-state index >= 15 is 0 Å². The molecule has 0 radical (unpaired) electrons. The van der Waals surface area contributed by atoms with E-state index in [0.29, 0.717) is 17.7 Å². The van der Waals surface area contributed by atoms with Crippen LogP contribution in [0, 0.1) is 24.1 Å². The molecule has 2 aromatic rings. The second kappa shape index (κ2) is 6.77. The average molecular weight is 421 g/mol. The second-order valence-corrected chi connectivity index (χ2v) is 7.71. The summed E-state index contributed by atoms with van der Waals surface area (Å²) in [4.78, 5) is 46.9. The van der Waals surface area contributed by atoms with Gasteiger partial charge in [-0.2, -0.15) is 5.26 Å². The van der Waals surface area contributed by atoms with Gasteiger partial charge in [-0.05, 0) is 49.2 Å².